The van der Waals surface area contributed by atoms with Crippen LogP contribution in [-0.2, 0) is 5.75 Å². The molecule has 2 aromatic rings. The van der Waals surface area contributed by atoms with Crippen LogP contribution in [0.2, 0.25) is 0 Å². The highest BCUT2D eigenvalue weighted by Crippen LogP contribution is 2.24. The summed E-state index contributed by atoms with van der Waals surface area (Å²) in [7, 11) is 0. The summed E-state index contributed by atoms with van der Waals surface area (Å²) in [5, 5.41) is 5.29. The van der Waals surface area contributed by atoms with Gasteiger partial charge in [0.2, 0.25) is 0 Å². The van der Waals surface area contributed by atoms with E-state index >= 15 is 0 Å². The van der Waals surface area contributed by atoms with Gasteiger partial charge in [-0.15, -0.1) is 11.3 Å². The third-order valence-corrected chi connectivity index (χ3v) is 4.12. The summed E-state index contributed by atoms with van der Waals surface area (Å²) in [6, 6.07) is 6.10. The van der Waals surface area contributed by atoms with E-state index in [-0.39, 0.29) is 0 Å². The van der Waals surface area contributed by atoms with Crippen LogP contribution in [0.25, 0.3) is 0 Å². The van der Waals surface area contributed by atoms with Gasteiger partial charge in [-0.05, 0) is 18.6 Å². The molecule has 2 heterocycles. The minimum Gasteiger partial charge on any atom is -0.370 e. The lowest BCUT2D eigenvalue weighted by Crippen LogP contribution is -2.02. The van der Waals surface area contributed by atoms with Crippen LogP contribution in [-0.4, -0.2) is 16.5 Å². The first kappa shape index (κ1) is 12.4. The predicted molar refractivity (Wildman–Crippen MR) is 74.7 cm³/mol. The standard InChI is InChI=1S/C12H15N3S2/c1-2-6-13-11-5-3-4-10(15-11)9-17-12-14-7-8-16-12/h3-5,7-8H,2,6,9H2,1H3,(H,13,15). The van der Waals surface area contributed by atoms with Crippen LogP contribution < -0.4 is 5.32 Å². The van der Waals surface area contributed by atoms with Crippen LogP contribution in [0.4, 0.5) is 5.82 Å². The summed E-state index contributed by atoms with van der Waals surface area (Å²) in [5.74, 6) is 1.83. The number of anilines is 1. The first-order valence-corrected chi connectivity index (χ1v) is 7.47. The molecule has 0 atom stereocenters. The van der Waals surface area contributed by atoms with Crippen molar-refractivity contribution in [2.75, 3.05) is 11.9 Å². The molecule has 0 aliphatic heterocycles. The molecule has 1 N–H and O–H groups in total. The number of nitrogens with one attached hydrogen (secondary N) is 1. The highest BCUT2D eigenvalue weighted by Gasteiger charge is 2.00. The van der Waals surface area contributed by atoms with Crippen molar-refractivity contribution in [3.63, 3.8) is 0 Å². The highest BCUT2D eigenvalue weighted by molar-refractivity contribution is 8.00. The number of hydrogen-bond acceptors (Lipinski definition) is 5. The van der Waals surface area contributed by atoms with Crippen LogP contribution in [0.3, 0.4) is 0 Å². The van der Waals surface area contributed by atoms with Crippen LogP contribution >= 0.6 is 23.1 Å². The fraction of sp³-hybridized carbons (Fsp3) is 0.333. The molecule has 17 heavy (non-hydrogen) atoms. The molecular formula is C12H15N3S2. The molecule has 0 amide bonds. The van der Waals surface area contributed by atoms with Gasteiger partial charge in [-0.25, -0.2) is 9.97 Å². The van der Waals surface area contributed by atoms with E-state index in [0.717, 1.165) is 34.6 Å². The van der Waals surface area contributed by atoms with E-state index in [0.29, 0.717) is 0 Å². The average Bonchev–Trinajstić information content (AvgIpc) is 2.87. The van der Waals surface area contributed by atoms with Gasteiger partial charge < -0.3 is 5.32 Å². The Bertz CT molecular complexity index is 443. The fourth-order valence-electron chi connectivity index (χ4n) is 1.33. The van der Waals surface area contributed by atoms with Gasteiger partial charge in [-0.1, -0.05) is 24.8 Å². The van der Waals surface area contributed by atoms with Crippen molar-refractivity contribution in [1.82, 2.24) is 9.97 Å². The van der Waals surface area contributed by atoms with Gasteiger partial charge in [0.25, 0.3) is 0 Å². The van der Waals surface area contributed by atoms with E-state index in [2.05, 4.69) is 28.3 Å². The summed E-state index contributed by atoms with van der Waals surface area (Å²) in [5.41, 5.74) is 1.09. The van der Waals surface area contributed by atoms with E-state index < -0.39 is 0 Å². The minimum atomic E-state index is 0.870. The lowest BCUT2D eigenvalue weighted by molar-refractivity contribution is 0.965. The second kappa shape index (κ2) is 6.61. The number of thiazole rings is 1. The van der Waals surface area contributed by atoms with Crippen LogP contribution in [0, 0.1) is 0 Å². The molecule has 90 valence electrons. The SMILES string of the molecule is CCCNc1cccc(CSc2nccs2)n1. The third-order valence-electron chi connectivity index (χ3n) is 2.12. The van der Waals surface area contributed by atoms with Crippen molar-refractivity contribution in [2.24, 2.45) is 0 Å². The van der Waals surface area contributed by atoms with E-state index in [1.807, 2.05) is 23.7 Å². The van der Waals surface area contributed by atoms with Gasteiger partial charge in [0.15, 0.2) is 0 Å². The number of hydrogen-bond donors (Lipinski definition) is 1. The first-order valence-electron chi connectivity index (χ1n) is 5.60. The Morgan fingerprint density at radius 1 is 1.41 bits per heavy atom. The maximum Gasteiger partial charge on any atom is 0.150 e. The zero-order chi connectivity index (χ0) is 11.9. The normalized spacial score (nSPS) is 10.4. The molecule has 2 rings (SSSR count). The van der Waals surface area contributed by atoms with Gasteiger partial charge in [-0.2, -0.15) is 0 Å². The number of thioether (sulfide) groups is 1. The number of pyridine rings is 1. The Balaban J connectivity index is 1.91. The Morgan fingerprint density at radius 3 is 3.12 bits per heavy atom. The molecule has 0 saturated heterocycles. The van der Waals surface area contributed by atoms with E-state index in [1.54, 1.807) is 23.1 Å². The van der Waals surface area contributed by atoms with E-state index in [9.17, 15) is 0 Å². The lowest BCUT2D eigenvalue weighted by Gasteiger charge is -2.05. The van der Waals surface area contributed by atoms with Crippen molar-refractivity contribution in [1.29, 1.82) is 0 Å². The van der Waals surface area contributed by atoms with Crippen LogP contribution in [0.5, 0.6) is 0 Å². The van der Waals surface area contributed by atoms with Gasteiger partial charge >= 0.3 is 0 Å². The molecule has 0 saturated carbocycles. The topological polar surface area (TPSA) is 37.8 Å². The molecule has 0 aromatic carbocycles. The zero-order valence-electron chi connectivity index (χ0n) is 9.72. The van der Waals surface area contributed by atoms with Gasteiger partial charge in [0.05, 0.1) is 5.69 Å². The zero-order valence-corrected chi connectivity index (χ0v) is 11.4. The molecule has 5 heteroatoms. The summed E-state index contributed by atoms with van der Waals surface area (Å²) >= 11 is 3.40. The average molecular weight is 265 g/mol. The molecule has 0 unspecified atom stereocenters. The summed E-state index contributed by atoms with van der Waals surface area (Å²) in [4.78, 5) is 8.80. The monoisotopic (exact) mass is 265 g/mol. The molecular weight excluding hydrogens is 250 g/mol. The second-order valence-electron chi connectivity index (χ2n) is 3.53. The third kappa shape index (κ3) is 4.02. The van der Waals surface area contributed by atoms with Gasteiger partial charge in [0.1, 0.15) is 10.2 Å². The molecule has 0 aliphatic carbocycles. The van der Waals surface area contributed by atoms with Crippen LogP contribution in [0.15, 0.2) is 34.1 Å². The van der Waals surface area contributed by atoms with E-state index in [1.165, 1.54) is 0 Å². The Morgan fingerprint density at radius 2 is 2.35 bits per heavy atom. The number of rotatable bonds is 6. The van der Waals surface area contributed by atoms with Crippen molar-refractivity contribution in [3.05, 3.63) is 35.5 Å². The summed E-state index contributed by atoms with van der Waals surface area (Å²) in [6.45, 7) is 3.12. The predicted octanol–water partition coefficient (Wildman–Crippen LogP) is 3.65. The van der Waals surface area contributed by atoms with Gasteiger partial charge in [0, 0.05) is 23.9 Å². The Hall–Kier alpha value is -1.07. The van der Waals surface area contributed by atoms with Crippen molar-refractivity contribution in [3.8, 4) is 0 Å². The largest absolute Gasteiger partial charge is 0.370 e. The molecule has 0 aliphatic rings. The maximum atomic E-state index is 4.55. The highest BCUT2D eigenvalue weighted by atomic mass is 32.2. The second-order valence-corrected chi connectivity index (χ2v) is 5.64. The van der Waals surface area contributed by atoms with E-state index in [4.69, 9.17) is 0 Å². The van der Waals surface area contributed by atoms with Crippen molar-refractivity contribution in [2.45, 2.75) is 23.4 Å². The lowest BCUT2D eigenvalue weighted by atomic mass is 10.3. The number of aromatic nitrogens is 2. The molecule has 0 bridgehead atoms. The molecule has 0 radical (unpaired) electrons. The Kier molecular flexibility index (Phi) is 4.82. The minimum absolute atomic E-state index is 0.870. The molecule has 0 spiro atoms. The molecule has 0 fully saturated rings. The van der Waals surface area contributed by atoms with Gasteiger partial charge in [-0.3, -0.25) is 0 Å². The maximum absolute atomic E-state index is 4.55. The molecule has 3 nitrogen and oxygen atoms in total. The fourth-order valence-corrected chi connectivity index (χ4v) is 2.87. The van der Waals surface area contributed by atoms with Crippen LogP contribution in [0.1, 0.15) is 19.0 Å². The number of nitrogens with zero attached hydrogens (tertiary/aromatic N) is 2. The molecule has 2 aromatic heterocycles. The van der Waals surface area contributed by atoms with Crippen molar-refractivity contribution >= 4 is 28.9 Å². The Labute approximate surface area is 110 Å². The first-order chi connectivity index (χ1) is 8.38. The quantitative estimate of drug-likeness (QED) is 0.809. The smallest absolute Gasteiger partial charge is 0.150 e. The van der Waals surface area contributed by atoms with Crippen molar-refractivity contribution < 1.29 is 0 Å². The summed E-state index contributed by atoms with van der Waals surface area (Å²) < 4.78 is 1.10. The summed E-state index contributed by atoms with van der Waals surface area (Å²) in [6.07, 6.45) is 2.94.